The summed E-state index contributed by atoms with van der Waals surface area (Å²) in [6.45, 7) is -1.83. The highest BCUT2D eigenvalue weighted by Gasteiger charge is 2.29. The van der Waals surface area contributed by atoms with Crippen LogP contribution in [0.15, 0.2) is 30.6 Å². The number of aromatic nitrogens is 1. The molecular weight excluding hydrogens is 537 g/mol. The Labute approximate surface area is 225 Å². The van der Waals surface area contributed by atoms with Crippen molar-refractivity contribution < 1.29 is 38.2 Å². The fraction of sp³-hybridized carbons (Fsp3) is 0.500. The second kappa shape index (κ2) is 14.2. The maximum Gasteiger partial charge on any atom is 0.387 e. The van der Waals surface area contributed by atoms with Gasteiger partial charge in [0.15, 0.2) is 23.9 Å². The SMILES string of the molecule is O=C(O[C@@H](Cc1c(Cl)c[nH+]cc1Cl)c1ccc(OC(F)F)c(OCC2CC2)c1)[C@@H]1CCCCN1.S.[OH-]. The van der Waals surface area contributed by atoms with E-state index in [1.807, 2.05) is 0 Å². The Balaban J connectivity index is 0.00000228. The van der Waals surface area contributed by atoms with Crippen LogP contribution in [0.5, 0.6) is 11.5 Å². The van der Waals surface area contributed by atoms with E-state index in [-0.39, 0.29) is 42.9 Å². The van der Waals surface area contributed by atoms with Gasteiger partial charge in [-0.15, -0.1) is 0 Å². The van der Waals surface area contributed by atoms with Gasteiger partial charge in [0.1, 0.15) is 22.2 Å². The molecule has 0 bridgehead atoms. The Morgan fingerprint density at radius 1 is 1.11 bits per heavy atom. The lowest BCUT2D eigenvalue weighted by Gasteiger charge is -2.26. The van der Waals surface area contributed by atoms with Crippen molar-refractivity contribution in [1.82, 2.24) is 5.32 Å². The monoisotopic (exact) mass is 566 g/mol. The number of carbonyl (C=O) groups excluding carboxylic acids is 1. The molecule has 1 aliphatic carbocycles. The number of alkyl halides is 2. The van der Waals surface area contributed by atoms with E-state index in [0.29, 0.717) is 40.1 Å². The van der Waals surface area contributed by atoms with Crippen LogP contribution >= 0.6 is 36.7 Å². The van der Waals surface area contributed by atoms with Crippen molar-refractivity contribution in [2.45, 2.75) is 57.3 Å². The van der Waals surface area contributed by atoms with Gasteiger partial charge >= 0.3 is 12.6 Å². The molecule has 0 spiro atoms. The number of rotatable bonds is 10. The van der Waals surface area contributed by atoms with Crippen LogP contribution in [0.1, 0.15) is 49.3 Å². The minimum Gasteiger partial charge on any atom is -0.870 e. The summed E-state index contributed by atoms with van der Waals surface area (Å²) in [6.07, 6.45) is 7.32. The molecule has 7 nitrogen and oxygen atoms in total. The molecule has 2 aliphatic rings. The Bertz CT molecular complexity index is 990. The van der Waals surface area contributed by atoms with Crippen molar-refractivity contribution in [2.75, 3.05) is 13.2 Å². The second-order valence-electron chi connectivity index (χ2n) is 8.60. The van der Waals surface area contributed by atoms with E-state index < -0.39 is 18.8 Å². The molecule has 1 aromatic heterocycles. The van der Waals surface area contributed by atoms with Crippen LogP contribution in [0.3, 0.4) is 0 Å². The highest BCUT2D eigenvalue weighted by Crippen LogP contribution is 2.38. The first-order valence-electron chi connectivity index (χ1n) is 11.4. The van der Waals surface area contributed by atoms with E-state index >= 15 is 0 Å². The predicted octanol–water partition coefficient (Wildman–Crippen LogP) is 5.10. The third kappa shape index (κ3) is 8.34. The molecule has 2 atom stereocenters. The number of hydrogen-bond acceptors (Lipinski definition) is 6. The molecule has 1 aliphatic heterocycles. The number of H-pyrrole nitrogens is 1. The van der Waals surface area contributed by atoms with E-state index in [1.54, 1.807) is 24.5 Å². The van der Waals surface area contributed by atoms with Gasteiger partial charge < -0.3 is 25.0 Å². The number of hydrogen-bond donors (Lipinski definition) is 1. The minimum absolute atomic E-state index is 0. The average molecular weight is 567 g/mol. The third-order valence-corrected chi connectivity index (χ3v) is 6.64. The van der Waals surface area contributed by atoms with Crippen LogP contribution in [0.2, 0.25) is 10.0 Å². The molecule has 200 valence electrons. The number of halogens is 4. The van der Waals surface area contributed by atoms with Gasteiger partial charge in [-0.1, -0.05) is 35.7 Å². The average Bonchev–Trinajstić information content (AvgIpc) is 3.65. The van der Waals surface area contributed by atoms with Gasteiger partial charge in [0, 0.05) is 12.0 Å². The van der Waals surface area contributed by atoms with Crippen LogP contribution in [0.4, 0.5) is 8.78 Å². The molecule has 0 unspecified atom stereocenters. The number of ether oxygens (including phenoxy) is 3. The van der Waals surface area contributed by atoms with Crippen molar-refractivity contribution >= 4 is 42.7 Å². The molecule has 1 saturated carbocycles. The molecule has 12 heteroatoms. The fourth-order valence-corrected chi connectivity index (χ4v) is 4.42. The molecular formula is C24H30Cl2F2N2O5S. The zero-order valence-electron chi connectivity index (χ0n) is 19.4. The van der Waals surface area contributed by atoms with Gasteiger partial charge in [-0.2, -0.15) is 22.3 Å². The number of nitrogens with one attached hydrogen (secondary N) is 2. The highest BCUT2D eigenvalue weighted by atomic mass is 35.5. The molecule has 1 saturated heterocycles. The molecule has 36 heavy (non-hydrogen) atoms. The van der Waals surface area contributed by atoms with Crippen LogP contribution in [0.25, 0.3) is 0 Å². The normalized spacial score (nSPS) is 18.0. The predicted molar refractivity (Wildman–Crippen MR) is 135 cm³/mol. The van der Waals surface area contributed by atoms with Gasteiger partial charge in [-0.25, -0.2) is 4.98 Å². The van der Waals surface area contributed by atoms with Gasteiger partial charge in [-0.3, -0.25) is 4.79 Å². The maximum absolute atomic E-state index is 13.0. The van der Waals surface area contributed by atoms with Gasteiger partial charge in [-0.05, 0) is 55.8 Å². The molecule has 3 N–H and O–H groups in total. The molecule has 1 aromatic carbocycles. The lowest BCUT2D eigenvalue weighted by Crippen LogP contribution is -2.42. The molecule has 0 radical (unpaired) electrons. The highest BCUT2D eigenvalue weighted by molar-refractivity contribution is 7.59. The summed E-state index contributed by atoms with van der Waals surface area (Å²) < 4.78 is 42.3. The zero-order chi connectivity index (χ0) is 24.1. The van der Waals surface area contributed by atoms with Gasteiger partial charge in [0.25, 0.3) is 0 Å². The summed E-state index contributed by atoms with van der Waals surface area (Å²) in [7, 11) is 0. The number of piperidine rings is 1. The van der Waals surface area contributed by atoms with Crippen LogP contribution in [-0.2, 0) is 16.0 Å². The van der Waals surface area contributed by atoms with Crippen molar-refractivity contribution in [3.8, 4) is 11.5 Å². The summed E-state index contributed by atoms with van der Waals surface area (Å²) in [4.78, 5) is 15.8. The number of pyridine rings is 1. The number of carbonyl (C=O) groups is 1. The van der Waals surface area contributed by atoms with Crippen LogP contribution < -0.4 is 19.8 Å². The quantitative estimate of drug-likeness (QED) is 0.401. The van der Waals surface area contributed by atoms with Crippen LogP contribution in [0, 0.1) is 5.92 Å². The number of benzene rings is 1. The number of aromatic amines is 1. The van der Waals surface area contributed by atoms with E-state index in [0.717, 1.165) is 32.2 Å². The summed E-state index contributed by atoms with van der Waals surface area (Å²) in [5.74, 6) is 0.143. The first-order valence-corrected chi connectivity index (χ1v) is 12.2. The Hall–Kier alpha value is -1.85. The topological polar surface area (TPSA) is 101 Å². The zero-order valence-corrected chi connectivity index (χ0v) is 22.0. The Kier molecular flexibility index (Phi) is 12.0. The van der Waals surface area contributed by atoms with Gasteiger partial charge in [0.05, 0.1) is 6.61 Å². The van der Waals surface area contributed by atoms with E-state index in [9.17, 15) is 13.6 Å². The summed E-state index contributed by atoms with van der Waals surface area (Å²) in [5, 5.41) is 3.98. The standard InChI is InChI=1S/C24H26Cl2F2N2O4.H2O.H2S/c25-17-11-29-12-18(26)16(17)10-21(33-23(31)19-3-1-2-8-30-19)15-6-7-20(34-24(27)28)22(9-15)32-13-14-4-5-14;;/h6-7,9,11-12,14,19,21,24,30H,1-5,8,10,13H2;2*1H2/t19-,21-;;/m0../s1. The largest absolute Gasteiger partial charge is 0.870 e. The van der Waals surface area contributed by atoms with Crippen molar-refractivity contribution in [2.24, 2.45) is 5.92 Å². The Morgan fingerprint density at radius 2 is 1.83 bits per heavy atom. The smallest absolute Gasteiger partial charge is 0.387 e. The fourth-order valence-electron chi connectivity index (χ4n) is 3.88. The molecule has 4 rings (SSSR count). The number of esters is 1. The summed E-state index contributed by atoms with van der Waals surface area (Å²) in [6, 6.07) is 4.18. The maximum atomic E-state index is 13.0. The van der Waals surface area contributed by atoms with Crippen molar-refractivity contribution in [3.63, 3.8) is 0 Å². The lowest BCUT2D eigenvalue weighted by molar-refractivity contribution is -0.377. The lowest BCUT2D eigenvalue weighted by atomic mass is 10.0. The minimum atomic E-state index is -2.99. The molecule has 2 heterocycles. The van der Waals surface area contributed by atoms with Crippen molar-refractivity contribution in [1.29, 1.82) is 0 Å². The molecule has 2 fully saturated rings. The summed E-state index contributed by atoms with van der Waals surface area (Å²) >= 11 is 12.7. The first kappa shape index (κ1) is 30.4. The first-order chi connectivity index (χ1) is 16.4. The second-order valence-corrected chi connectivity index (χ2v) is 9.42. The molecule has 0 amide bonds. The summed E-state index contributed by atoms with van der Waals surface area (Å²) in [5.41, 5.74) is 1.17. The third-order valence-electron chi connectivity index (χ3n) is 5.97. The van der Waals surface area contributed by atoms with Crippen LogP contribution in [-0.4, -0.2) is 37.3 Å². The van der Waals surface area contributed by atoms with E-state index in [4.69, 9.17) is 32.7 Å². The van der Waals surface area contributed by atoms with E-state index in [1.165, 1.54) is 6.07 Å². The Morgan fingerprint density at radius 3 is 2.44 bits per heavy atom. The van der Waals surface area contributed by atoms with E-state index in [2.05, 4.69) is 15.0 Å². The molecule has 2 aromatic rings. The van der Waals surface area contributed by atoms with Gasteiger partial charge in [0.2, 0.25) is 0 Å². The van der Waals surface area contributed by atoms with Crippen molar-refractivity contribution in [3.05, 3.63) is 51.8 Å².